The zero-order chi connectivity index (χ0) is 12.5. The number of anilines is 1. The first kappa shape index (κ1) is 11.4. The van der Waals surface area contributed by atoms with E-state index in [9.17, 15) is 4.79 Å². The molecule has 1 aliphatic heterocycles. The average Bonchev–Trinajstić information content (AvgIpc) is 2.39. The van der Waals surface area contributed by atoms with Gasteiger partial charge in [-0.15, -0.1) is 0 Å². The van der Waals surface area contributed by atoms with Gasteiger partial charge in [0.1, 0.15) is 0 Å². The van der Waals surface area contributed by atoms with Gasteiger partial charge in [0.15, 0.2) is 0 Å². The summed E-state index contributed by atoms with van der Waals surface area (Å²) in [6.07, 6.45) is 0. The number of carbonyl (C=O) groups is 1. The number of benzene rings is 2. The summed E-state index contributed by atoms with van der Waals surface area (Å²) in [6, 6.07) is 14.9. The predicted octanol–water partition coefficient (Wildman–Crippen LogP) is 4.11. The maximum Gasteiger partial charge on any atom is 0.352 e. The zero-order valence-electron chi connectivity index (χ0n) is 9.26. The lowest BCUT2D eigenvalue weighted by atomic mass is 10.3. The molecule has 1 N–H and O–H groups in total. The third kappa shape index (κ3) is 2.05. The Morgan fingerprint density at radius 1 is 1.11 bits per heavy atom. The molecule has 1 heterocycles. The molecule has 0 fully saturated rings. The largest absolute Gasteiger partial charge is 0.352 e. The van der Waals surface area contributed by atoms with Gasteiger partial charge in [0.2, 0.25) is 0 Å². The summed E-state index contributed by atoms with van der Waals surface area (Å²) in [7, 11) is -0.595. The normalized spacial score (nSPS) is 17.6. The predicted molar refractivity (Wildman–Crippen MR) is 73.2 cm³/mol. The Morgan fingerprint density at radius 2 is 1.89 bits per heavy atom. The summed E-state index contributed by atoms with van der Waals surface area (Å²) in [5.41, 5.74) is 0.784. The van der Waals surface area contributed by atoms with E-state index in [0.717, 1.165) is 15.5 Å². The standard InChI is InChI=1S/C13H9ClN2OS/c14-9-6-7-11-12(8-9)18(16-13(17)15-11)10-4-2-1-3-5-10/h1-8H,(H,15,17). The number of hydrogen-bond donors (Lipinski definition) is 1. The van der Waals surface area contributed by atoms with E-state index >= 15 is 0 Å². The van der Waals surface area contributed by atoms with Crippen LogP contribution in [-0.2, 0) is 10.7 Å². The van der Waals surface area contributed by atoms with Crippen molar-refractivity contribution in [2.45, 2.75) is 9.79 Å². The Kier molecular flexibility index (Phi) is 2.89. The molecule has 1 aliphatic rings. The number of hydrogen-bond acceptors (Lipinski definition) is 1. The smallest absolute Gasteiger partial charge is 0.304 e. The third-order valence-corrected chi connectivity index (χ3v) is 4.59. The Morgan fingerprint density at radius 3 is 2.67 bits per heavy atom. The minimum Gasteiger partial charge on any atom is -0.304 e. The highest BCUT2D eigenvalue weighted by Crippen LogP contribution is 2.31. The molecule has 1 atom stereocenters. The molecule has 1 unspecified atom stereocenters. The van der Waals surface area contributed by atoms with E-state index < -0.39 is 10.7 Å². The SMILES string of the molecule is O=C1N=S(c2ccccc2)c2cc(Cl)ccc2N1. The van der Waals surface area contributed by atoms with Gasteiger partial charge in [-0.25, -0.2) is 4.79 Å². The molecule has 90 valence electrons. The number of nitrogens with one attached hydrogen (secondary N) is 1. The van der Waals surface area contributed by atoms with Crippen LogP contribution in [0, 0.1) is 0 Å². The van der Waals surface area contributed by atoms with E-state index in [0.29, 0.717) is 5.02 Å². The topological polar surface area (TPSA) is 41.5 Å². The second-order valence-electron chi connectivity index (χ2n) is 3.76. The highest BCUT2D eigenvalue weighted by Gasteiger charge is 2.18. The van der Waals surface area contributed by atoms with Crippen LogP contribution in [0.2, 0.25) is 5.02 Å². The van der Waals surface area contributed by atoms with Crippen molar-refractivity contribution in [2.75, 3.05) is 5.32 Å². The summed E-state index contributed by atoms with van der Waals surface area (Å²) < 4.78 is 4.15. The number of urea groups is 1. The van der Waals surface area contributed by atoms with Crippen LogP contribution in [0.5, 0.6) is 0 Å². The second-order valence-corrected chi connectivity index (χ2v) is 5.86. The third-order valence-electron chi connectivity index (χ3n) is 2.53. The highest BCUT2D eigenvalue weighted by molar-refractivity contribution is 7.88. The fourth-order valence-corrected chi connectivity index (χ4v) is 3.65. The lowest BCUT2D eigenvalue weighted by Gasteiger charge is -2.18. The molecule has 3 nitrogen and oxygen atoms in total. The molecule has 0 aliphatic carbocycles. The lowest BCUT2D eigenvalue weighted by molar-refractivity contribution is 0.260. The number of rotatable bonds is 1. The van der Waals surface area contributed by atoms with Crippen molar-refractivity contribution >= 4 is 34.0 Å². The van der Waals surface area contributed by atoms with Crippen LogP contribution < -0.4 is 5.32 Å². The Labute approximate surface area is 112 Å². The molecule has 0 aromatic heterocycles. The van der Waals surface area contributed by atoms with Crippen molar-refractivity contribution in [3.8, 4) is 0 Å². The van der Waals surface area contributed by atoms with E-state index in [1.54, 1.807) is 6.07 Å². The molecule has 2 aromatic rings. The monoisotopic (exact) mass is 276 g/mol. The minimum absolute atomic E-state index is 0.308. The van der Waals surface area contributed by atoms with Gasteiger partial charge in [0, 0.05) is 14.8 Å². The van der Waals surface area contributed by atoms with Crippen LogP contribution in [-0.4, -0.2) is 6.03 Å². The first-order valence-electron chi connectivity index (χ1n) is 5.36. The molecular formula is C13H9ClN2OS. The number of carbonyl (C=O) groups excluding carboxylic acids is 1. The lowest BCUT2D eigenvalue weighted by Crippen LogP contribution is -2.15. The molecular weight excluding hydrogens is 268 g/mol. The summed E-state index contributed by atoms with van der Waals surface area (Å²) in [4.78, 5) is 13.6. The van der Waals surface area contributed by atoms with Gasteiger partial charge in [0.25, 0.3) is 0 Å². The van der Waals surface area contributed by atoms with E-state index in [1.807, 2.05) is 42.5 Å². The van der Waals surface area contributed by atoms with Crippen molar-refractivity contribution < 1.29 is 4.79 Å². The highest BCUT2D eigenvalue weighted by atomic mass is 35.5. The van der Waals surface area contributed by atoms with Crippen molar-refractivity contribution in [1.29, 1.82) is 0 Å². The van der Waals surface area contributed by atoms with Crippen molar-refractivity contribution in [1.82, 2.24) is 0 Å². The Bertz CT molecular complexity index is 655. The maximum atomic E-state index is 11.6. The summed E-state index contributed by atoms with van der Waals surface area (Å²) in [6.45, 7) is 0. The molecule has 0 saturated carbocycles. The maximum absolute atomic E-state index is 11.6. The first-order chi connectivity index (χ1) is 8.74. The Balaban J connectivity index is 2.20. The van der Waals surface area contributed by atoms with E-state index in [4.69, 9.17) is 11.6 Å². The summed E-state index contributed by atoms with van der Waals surface area (Å²) >= 11 is 6.02. The van der Waals surface area contributed by atoms with Crippen LogP contribution in [0.4, 0.5) is 10.5 Å². The molecule has 0 saturated heterocycles. The molecule has 2 aromatic carbocycles. The van der Waals surface area contributed by atoms with Crippen LogP contribution in [0.1, 0.15) is 0 Å². The molecule has 3 rings (SSSR count). The average molecular weight is 277 g/mol. The first-order valence-corrected chi connectivity index (χ1v) is 6.92. The molecule has 0 radical (unpaired) electrons. The van der Waals surface area contributed by atoms with Gasteiger partial charge in [-0.1, -0.05) is 29.8 Å². The zero-order valence-corrected chi connectivity index (χ0v) is 10.8. The van der Waals surface area contributed by atoms with Gasteiger partial charge in [-0.05, 0) is 41.0 Å². The van der Waals surface area contributed by atoms with Crippen LogP contribution in [0.3, 0.4) is 0 Å². The second kappa shape index (κ2) is 4.55. The van der Waals surface area contributed by atoms with E-state index in [2.05, 4.69) is 9.68 Å². The number of fused-ring (bicyclic) bond motifs is 1. The fraction of sp³-hybridized carbons (Fsp3) is 0. The van der Waals surface area contributed by atoms with Crippen LogP contribution in [0.25, 0.3) is 0 Å². The minimum atomic E-state index is -0.595. The molecule has 18 heavy (non-hydrogen) atoms. The number of nitrogens with zero attached hydrogens (tertiary/aromatic N) is 1. The van der Waals surface area contributed by atoms with Gasteiger partial charge in [-0.3, -0.25) is 0 Å². The van der Waals surface area contributed by atoms with Gasteiger partial charge in [-0.2, -0.15) is 4.36 Å². The van der Waals surface area contributed by atoms with Crippen molar-refractivity contribution in [2.24, 2.45) is 4.36 Å². The fourth-order valence-electron chi connectivity index (χ4n) is 1.76. The van der Waals surface area contributed by atoms with Crippen LogP contribution in [0.15, 0.2) is 62.7 Å². The molecule has 5 heteroatoms. The quantitative estimate of drug-likeness (QED) is 0.837. The number of halogens is 1. The van der Waals surface area contributed by atoms with Gasteiger partial charge < -0.3 is 5.32 Å². The molecule has 0 bridgehead atoms. The number of amides is 2. The summed E-state index contributed by atoms with van der Waals surface area (Å²) in [5, 5.41) is 3.38. The van der Waals surface area contributed by atoms with Gasteiger partial charge >= 0.3 is 6.03 Å². The van der Waals surface area contributed by atoms with Gasteiger partial charge in [0.05, 0.1) is 5.69 Å². The van der Waals surface area contributed by atoms with Crippen molar-refractivity contribution in [3.63, 3.8) is 0 Å². The van der Waals surface area contributed by atoms with Crippen LogP contribution >= 0.6 is 11.6 Å². The Hall–Kier alpha value is -1.65. The molecule has 0 spiro atoms. The van der Waals surface area contributed by atoms with E-state index in [-0.39, 0.29) is 6.03 Å². The van der Waals surface area contributed by atoms with E-state index in [1.165, 1.54) is 0 Å². The summed E-state index contributed by atoms with van der Waals surface area (Å²) in [5.74, 6) is 0. The molecule has 2 amide bonds. The van der Waals surface area contributed by atoms with Crippen molar-refractivity contribution in [3.05, 3.63) is 53.6 Å².